The van der Waals surface area contributed by atoms with Crippen molar-refractivity contribution >= 4 is 51.8 Å². The second-order valence-corrected chi connectivity index (χ2v) is 13.1. The third kappa shape index (κ3) is 6.70. The molecule has 1 saturated heterocycles. The standard InChI is InChI=1S/C37H41N9O6/c1-21-12-25-17-39-27-16-31(30(51-4)15-26(27)36(49)46(25)18-21)52-11-5-6-33(47)41-32-20-44(3)34(42-32)35(48)40-24-14-29(43(2)19-24)37(50)45-10-9-22-13-23(38)7-8-28(22)45/h7-10,13-17,19-20,25,35,37,40,48,50H,1,5-6,11-12,18,38H2,2-4H3,(H,41,47)/t25-,35?,37?/m0/s1. The van der Waals surface area contributed by atoms with Gasteiger partial charge < -0.3 is 54.7 Å². The number of aryl methyl sites for hydroxylation is 2. The van der Waals surface area contributed by atoms with E-state index in [1.165, 1.54) is 7.11 Å². The molecule has 0 aliphatic carbocycles. The number of carbonyl (C=O) groups excluding carboxylic acids is 2. The number of aliphatic imine (C=N–C) groups is 1. The zero-order valence-corrected chi connectivity index (χ0v) is 29.1. The van der Waals surface area contributed by atoms with E-state index in [4.69, 9.17) is 15.2 Å². The fourth-order valence-electron chi connectivity index (χ4n) is 6.70. The third-order valence-corrected chi connectivity index (χ3v) is 9.30. The van der Waals surface area contributed by atoms with Crippen LogP contribution < -0.4 is 25.8 Å². The topological polar surface area (TPSA) is 186 Å². The fourth-order valence-corrected chi connectivity index (χ4v) is 6.70. The first kappa shape index (κ1) is 34.4. The minimum Gasteiger partial charge on any atom is -0.493 e. The molecular formula is C37H41N9O6. The van der Waals surface area contributed by atoms with Crippen LogP contribution in [0, 0.1) is 0 Å². The highest BCUT2D eigenvalue weighted by Crippen LogP contribution is 2.38. The number of aromatic nitrogens is 4. The van der Waals surface area contributed by atoms with Crippen molar-refractivity contribution in [2.24, 2.45) is 19.1 Å². The summed E-state index contributed by atoms with van der Waals surface area (Å²) in [5.74, 6) is 0.992. The quantitative estimate of drug-likeness (QED) is 0.0548. The number of carbonyl (C=O) groups is 2. The molecule has 0 spiro atoms. The van der Waals surface area contributed by atoms with E-state index in [0.717, 1.165) is 16.5 Å². The zero-order chi connectivity index (χ0) is 36.7. The predicted octanol–water partition coefficient (Wildman–Crippen LogP) is 4.23. The Bertz CT molecular complexity index is 2220. The fraction of sp³-hybridized carbons (Fsp3) is 0.297. The number of nitrogens with two attached hydrogens (primary N) is 1. The van der Waals surface area contributed by atoms with Crippen LogP contribution in [-0.2, 0) is 18.9 Å². The van der Waals surface area contributed by atoms with Crippen LogP contribution in [0.2, 0.25) is 0 Å². The van der Waals surface area contributed by atoms with Crippen molar-refractivity contribution in [2.75, 3.05) is 36.6 Å². The molecule has 3 aromatic heterocycles. The van der Waals surface area contributed by atoms with E-state index < -0.39 is 12.5 Å². The number of hydrogen-bond donors (Lipinski definition) is 5. The van der Waals surface area contributed by atoms with Crippen molar-refractivity contribution in [1.29, 1.82) is 0 Å². The van der Waals surface area contributed by atoms with Crippen LogP contribution in [0.4, 0.5) is 22.9 Å². The molecule has 3 atom stereocenters. The van der Waals surface area contributed by atoms with Crippen LogP contribution in [0.5, 0.6) is 11.5 Å². The van der Waals surface area contributed by atoms with Gasteiger partial charge in [0.25, 0.3) is 5.91 Å². The number of nitrogens with zero attached hydrogens (tertiary/aromatic N) is 6. The van der Waals surface area contributed by atoms with Crippen LogP contribution in [0.3, 0.4) is 0 Å². The molecule has 0 saturated carbocycles. The number of benzene rings is 2. The Hall–Kier alpha value is -6.06. The first-order chi connectivity index (χ1) is 25.0. The van der Waals surface area contributed by atoms with Crippen molar-refractivity contribution in [3.05, 3.63) is 90.3 Å². The summed E-state index contributed by atoms with van der Waals surface area (Å²) in [6.45, 7) is 4.73. The van der Waals surface area contributed by atoms with E-state index in [0.29, 0.717) is 59.2 Å². The molecule has 0 bridgehead atoms. The van der Waals surface area contributed by atoms with E-state index in [9.17, 15) is 19.8 Å². The Balaban J connectivity index is 0.928. The summed E-state index contributed by atoms with van der Waals surface area (Å²) in [7, 11) is 5.03. The molecule has 270 valence electrons. The van der Waals surface area contributed by atoms with Gasteiger partial charge in [-0.1, -0.05) is 12.2 Å². The number of imidazole rings is 1. The average molecular weight is 708 g/mol. The minimum atomic E-state index is -1.21. The lowest BCUT2D eigenvalue weighted by Crippen LogP contribution is -2.35. The van der Waals surface area contributed by atoms with Gasteiger partial charge in [-0.15, -0.1) is 0 Å². The maximum Gasteiger partial charge on any atom is 0.257 e. The van der Waals surface area contributed by atoms with Crippen LogP contribution in [0.25, 0.3) is 10.9 Å². The van der Waals surface area contributed by atoms with E-state index in [-0.39, 0.29) is 42.5 Å². The van der Waals surface area contributed by atoms with Gasteiger partial charge in [0.15, 0.2) is 35.6 Å². The summed E-state index contributed by atoms with van der Waals surface area (Å²) in [4.78, 5) is 36.7. The molecule has 7 rings (SSSR count). The number of aliphatic hydroxyl groups excluding tert-OH is 2. The number of hydrogen-bond acceptors (Lipinski definition) is 10. The molecule has 2 aliphatic rings. The van der Waals surface area contributed by atoms with Crippen LogP contribution in [-0.4, -0.2) is 78.1 Å². The van der Waals surface area contributed by atoms with Crippen molar-refractivity contribution in [3.63, 3.8) is 0 Å². The highest BCUT2D eigenvalue weighted by atomic mass is 16.5. The maximum atomic E-state index is 13.2. The normalized spacial score (nSPS) is 16.4. The molecular weight excluding hydrogens is 666 g/mol. The summed E-state index contributed by atoms with van der Waals surface area (Å²) >= 11 is 0. The number of nitrogens with one attached hydrogen (secondary N) is 2. The van der Waals surface area contributed by atoms with Gasteiger partial charge in [-0.2, -0.15) is 0 Å². The largest absolute Gasteiger partial charge is 0.493 e. The summed E-state index contributed by atoms with van der Waals surface area (Å²) < 4.78 is 16.6. The van der Waals surface area contributed by atoms with Crippen LogP contribution in [0.1, 0.15) is 53.6 Å². The van der Waals surface area contributed by atoms with Gasteiger partial charge in [-0.3, -0.25) is 14.6 Å². The van der Waals surface area contributed by atoms with Gasteiger partial charge in [0.1, 0.15) is 0 Å². The maximum absolute atomic E-state index is 13.2. The van der Waals surface area contributed by atoms with Gasteiger partial charge in [0.2, 0.25) is 5.91 Å². The summed E-state index contributed by atoms with van der Waals surface area (Å²) in [5, 5.41) is 28.9. The van der Waals surface area contributed by atoms with Gasteiger partial charge in [0.05, 0.1) is 47.9 Å². The Labute approximate surface area is 299 Å². The second kappa shape index (κ2) is 13.9. The number of rotatable bonds is 12. The lowest BCUT2D eigenvalue weighted by atomic mass is 10.1. The average Bonchev–Trinajstić information content (AvgIpc) is 3.88. The molecule has 2 unspecified atom stereocenters. The molecule has 15 heteroatoms. The lowest BCUT2D eigenvalue weighted by molar-refractivity contribution is -0.116. The number of amides is 2. The zero-order valence-electron chi connectivity index (χ0n) is 29.1. The second-order valence-electron chi connectivity index (χ2n) is 13.1. The van der Waals surface area contributed by atoms with Crippen molar-refractivity contribution in [2.45, 2.75) is 37.8 Å². The van der Waals surface area contributed by atoms with E-state index in [1.807, 2.05) is 18.2 Å². The van der Waals surface area contributed by atoms with Crippen molar-refractivity contribution < 1.29 is 29.3 Å². The molecule has 5 heterocycles. The molecule has 2 aliphatic heterocycles. The summed E-state index contributed by atoms with van der Waals surface area (Å²) in [6.07, 6.45) is 5.98. The van der Waals surface area contributed by atoms with Crippen molar-refractivity contribution in [1.82, 2.24) is 23.6 Å². The van der Waals surface area contributed by atoms with E-state index in [2.05, 4.69) is 27.2 Å². The number of fused-ring (bicyclic) bond motifs is 3. The molecule has 15 nitrogen and oxygen atoms in total. The van der Waals surface area contributed by atoms with E-state index in [1.54, 1.807) is 81.8 Å². The van der Waals surface area contributed by atoms with Crippen molar-refractivity contribution in [3.8, 4) is 11.5 Å². The monoisotopic (exact) mass is 707 g/mol. The molecule has 2 amide bonds. The highest BCUT2D eigenvalue weighted by molar-refractivity contribution is 6.04. The Kier molecular flexibility index (Phi) is 9.21. The third-order valence-electron chi connectivity index (χ3n) is 9.30. The Morgan fingerprint density at radius 2 is 1.94 bits per heavy atom. The molecule has 6 N–H and O–H groups in total. The molecule has 2 aromatic carbocycles. The van der Waals surface area contributed by atoms with Gasteiger partial charge >= 0.3 is 0 Å². The van der Waals surface area contributed by atoms with E-state index >= 15 is 0 Å². The Morgan fingerprint density at radius 3 is 2.75 bits per heavy atom. The summed E-state index contributed by atoms with van der Waals surface area (Å²) in [5.41, 5.74) is 10.5. The summed E-state index contributed by atoms with van der Waals surface area (Å²) in [6, 6.07) is 12.4. The molecule has 1 fully saturated rings. The first-order valence-electron chi connectivity index (χ1n) is 16.8. The SMILES string of the molecule is C=C1C[C@H]2C=Nc3cc(OCCCC(=O)Nc4cn(C)c(C(O)Nc5cc(C(O)n6ccc7cc(N)ccc76)n(C)c5)n4)c(OC)cc3C(=O)N2C1. The van der Waals surface area contributed by atoms with Gasteiger partial charge in [-0.05, 0) is 49.2 Å². The minimum absolute atomic E-state index is 0.119. The number of anilines is 3. The first-order valence-corrected chi connectivity index (χ1v) is 16.8. The van der Waals surface area contributed by atoms with Crippen LogP contribution in [0.15, 0.2) is 78.2 Å². The smallest absolute Gasteiger partial charge is 0.257 e. The highest BCUT2D eigenvalue weighted by Gasteiger charge is 2.34. The molecule has 5 aromatic rings. The van der Waals surface area contributed by atoms with Crippen LogP contribution >= 0.6 is 0 Å². The predicted molar refractivity (Wildman–Crippen MR) is 197 cm³/mol. The van der Waals surface area contributed by atoms with Gasteiger partial charge in [0, 0.05) is 69.0 Å². The lowest BCUT2D eigenvalue weighted by Gasteiger charge is -2.20. The Morgan fingerprint density at radius 1 is 1.12 bits per heavy atom. The number of methoxy groups -OCH3 is 1. The van der Waals surface area contributed by atoms with Gasteiger partial charge in [-0.25, -0.2) is 4.98 Å². The number of nitrogen functional groups attached to an aromatic ring is 1. The molecule has 0 radical (unpaired) electrons. The number of aliphatic hydroxyl groups is 2. The molecule has 52 heavy (non-hydrogen) atoms. The number of ether oxygens (including phenoxy) is 2.